The highest BCUT2D eigenvalue weighted by Crippen LogP contribution is 2.43. The molecular formula is C16H29NO2. The Morgan fingerprint density at radius 2 is 1.89 bits per heavy atom. The van der Waals surface area contributed by atoms with E-state index in [0.717, 1.165) is 38.2 Å². The van der Waals surface area contributed by atoms with E-state index < -0.39 is 0 Å². The fraction of sp³-hybridized carbons (Fsp3) is 1.00. The predicted octanol–water partition coefficient (Wildman–Crippen LogP) is 2.62. The SMILES string of the molecule is CC1CCC(CO)(NC2CCOC3(CCC3)C2)CC1. The van der Waals surface area contributed by atoms with E-state index in [4.69, 9.17) is 4.74 Å². The van der Waals surface area contributed by atoms with E-state index in [2.05, 4.69) is 12.2 Å². The monoisotopic (exact) mass is 267 g/mol. The number of ether oxygens (including phenoxy) is 1. The third-order valence-electron chi connectivity index (χ3n) is 5.80. The molecule has 0 aromatic heterocycles. The fourth-order valence-corrected chi connectivity index (χ4v) is 4.17. The molecule has 3 fully saturated rings. The van der Waals surface area contributed by atoms with Crippen molar-refractivity contribution in [3.05, 3.63) is 0 Å². The maximum Gasteiger partial charge on any atom is 0.0697 e. The summed E-state index contributed by atoms with van der Waals surface area (Å²) in [5.41, 5.74) is 0.202. The van der Waals surface area contributed by atoms with Gasteiger partial charge in [0.15, 0.2) is 0 Å². The zero-order valence-corrected chi connectivity index (χ0v) is 12.3. The highest BCUT2D eigenvalue weighted by molar-refractivity contribution is 5.00. The summed E-state index contributed by atoms with van der Waals surface area (Å²) in [5, 5.41) is 13.7. The van der Waals surface area contributed by atoms with Gasteiger partial charge in [-0.25, -0.2) is 0 Å². The van der Waals surface area contributed by atoms with Gasteiger partial charge in [0, 0.05) is 18.2 Å². The van der Waals surface area contributed by atoms with Crippen molar-refractivity contribution in [2.45, 2.75) is 81.9 Å². The molecule has 0 aromatic carbocycles. The summed E-state index contributed by atoms with van der Waals surface area (Å²) in [7, 11) is 0. The molecule has 110 valence electrons. The van der Waals surface area contributed by atoms with Crippen LogP contribution in [0, 0.1) is 5.92 Å². The van der Waals surface area contributed by atoms with Gasteiger partial charge in [0.25, 0.3) is 0 Å². The Labute approximate surface area is 117 Å². The van der Waals surface area contributed by atoms with Crippen molar-refractivity contribution in [2.24, 2.45) is 5.92 Å². The Morgan fingerprint density at radius 3 is 2.47 bits per heavy atom. The van der Waals surface area contributed by atoms with Gasteiger partial charge in [0.05, 0.1) is 12.2 Å². The maximum absolute atomic E-state index is 9.87. The third kappa shape index (κ3) is 2.84. The standard InChI is InChI=1S/C16H29NO2/c1-13-3-8-15(12-18,9-4-13)17-14-5-10-19-16(11-14)6-2-7-16/h13-14,17-18H,2-12H2,1H3. The first kappa shape index (κ1) is 13.8. The van der Waals surface area contributed by atoms with E-state index in [1.54, 1.807) is 0 Å². The molecule has 3 heteroatoms. The number of aliphatic hydroxyl groups is 1. The van der Waals surface area contributed by atoms with Gasteiger partial charge in [-0.3, -0.25) is 0 Å². The summed E-state index contributed by atoms with van der Waals surface area (Å²) in [6.07, 6.45) is 10.9. The normalized spacial score (nSPS) is 42.0. The smallest absolute Gasteiger partial charge is 0.0697 e. The molecule has 0 radical (unpaired) electrons. The average Bonchev–Trinajstić information content (AvgIpc) is 2.40. The molecule has 1 unspecified atom stereocenters. The van der Waals surface area contributed by atoms with Gasteiger partial charge in [-0.15, -0.1) is 0 Å². The highest BCUT2D eigenvalue weighted by Gasteiger charge is 2.44. The summed E-state index contributed by atoms with van der Waals surface area (Å²) in [5.74, 6) is 0.828. The summed E-state index contributed by atoms with van der Waals surface area (Å²) >= 11 is 0. The molecule has 3 rings (SSSR count). The number of aliphatic hydroxyl groups excluding tert-OH is 1. The molecule has 1 spiro atoms. The van der Waals surface area contributed by atoms with E-state index in [1.807, 2.05) is 0 Å². The minimum Gasteiger partial charge on any atom is -0.394 e. The van der Waals surface area contributed by atoms with Crippen LogP contribution in [0.4, 0.5) is 0 Å². The van der Waals surface area contributed by atoms with Crippen LogP contribution in [0.5, 0.6) is 0 Å². The van der Waals surface area contributed by atoms with Gasteiger partial charge in [-0.1, -0.05) is 6.92 Å². The van der Waals surface area contributed by atoms with E-state index in [1.165, 1.54) is 32.1 Å². The minimum atomic E-state index is -0.000542. The Bertz CT molecular complexity index is 306. The maximum atomic E-state index is 9.87. The Balaban J connectivity index is 1.59. The first-order valence-electron chi connectivity index (χ1n) is 8.18. The quantitative estimate of drug-likeness (QED) is 0.826. The fourth-order valence-electron chi connectivity index (χ4n) is 4.17. The molecular weight excluding hydrogens is 238 g/mol. The van der Waals surface area contributed by atoms with Gasteiger partial charge in [0.1, 0.15) is 0 Å². The van der Waals surface area contributed by atoms with Crippen molar-refractivity contribution in [1.82, 2.24) is 5.32 Å². The van der Waals surface area contributed by atoms with Crippen LogP contribution in [0.3, 0.4) is 0 Å². The molecule has 0 amide bonds. The number of hydrogen-bond donors (Lipinski definition) is 2. The first-order valence-corrected chi connectivity index (χ1v) is 8.18. The second kappa shape index (κ2) is 5.34. The molecule has 3 nitrogen and oxygen atoms in total. The molecule has 2 N–H and O–H groups in total. The van der Waals surface area contributed by atoms with Gasteiger partial charge in [-0.2, -0.15) is 0 Å². The molecule has 19 heavy (non-hydrogen) atoms. The Morgan fingerprint density at radius 1 is 1.16 bits per heavy atom. The van der Waals surface area contributed by atoms with Crippen LogP contribution in [0.25, 0.3) is 0 Å². The minimum absolute atomic E-state index is 0.000542. The largest absolute Gasteiger partial charge is 0.394 e. The van der Waals surface area contributed by atoms with E-state index >= 15 is 0 Å². The topological polar surface area (TPSA) is 41.5 Å². The molecule has 0 bridgehead atoms. The van der Waals surface area contributed by atoms with Crippen molar-refractivity contribution in [3.63, 3.8) is 0 Å². The molecule has 1 atom stereocenters. The van der Waals surface area contributed by atoms with E-state index in [9.17, 15) is 5.11 Å². The van der Waals surface area contributed by atoms with Gasteiger partial charge in [0.2, 0.25) is 0 Å². The van der Waals surface area contributed by atoms with Crippen LogP contribution in [0.1, 0.15) is 64.7 Å². The summed E-state index contributed by atoms with van der Waals surface area (Å²) in [4.78, 5) is 0. The van der Waals surface area contributed by atoms with Crippen LogP contribution in [-0.4, -0.2) is 35.5 Å². The van der Waals surface area contributed by atoms with Gasteiger partial charge < -0.3 is 15.2 Å². The predicted molar refractivity (Wildman–Crippen MR) is 76.1 cm³/mol. The lowest BCUT2D eigenvalue weighted by Gasteiger charge is -2.50. The first-order chi connectivity index (χ1) is 9.15. The van der Waals surface area contributed by atoms with Crippen LogP contribution < -0.4 is 5.32 Å². The van der Waals surface area contributed by atoms with Crippen molar-refractivity contribution in [3.8, 4) is 0 Å². The molecule has 1 heterocycles. The second-order valence-electron chi connectivity index (χ2n) is 7.34. The van der Waals surface area contributed by atoms with Crippen molar-refractivity contribution >= 4 is 0 Å². The average molecular weight is 267 g/mol. The Hall–Kier alpha value is -0.120. The lowest BCUT2D eigenvalue weighted by Crippen LogP contribution is -2.59. The number of rotatable bonds is 3. The third-order valence-corrected chi connectivity index (χ3v) is 5.80. The van der Waals surface area contributed by atoms with Crippen LogP contribution >= 0.6 is 0 Å². The van der Waals surface area contributed by atoms with Crippen LogP contribution in [0.2, 0.25) is 0 Å². The van der Waals surface area contributed by atoms with Crippen molar-refractivity contribution in [2.75, 3.05) is 13.2 Å². The molecule has 1 saturated heterocycles. The number of nitrogens with one attached hydrogen (secondary N) is 1. The summed E-state index contributed by atoms with van der Waals surface area (Å²) in [6, 6.07) is 0.551. The van der Waals surface area contributed by atoms with E-state index in [0.29, 0.717) is 12.6 Å². The van der Waals surface area contributed by atoms with Crippen LogP contribution in [-0.2, 0) is 4.74 Å². The lowest BCUT2D eigenvalue weighted by atomic mass is 9.72. The van der Waals surface area contributed by atoms with Crippen LogP contribution in [0.15, 0.2) is 0 Å². The number of hydrogen-bond acceptors (Lipinski definition) is 3. The van der Waals surface area contributed by atoms with Gasteiger partial charge in [-0.05, 0) is 63.7 Å². The summed E-state index contributed by atoms with van der Waals surface area (Å²) in [6.45, 7) is 3.53. The zero-order chi connectivity index (χ0) is 13.3. The summed E-state index contributed by atoms with van der Waals surface area (Å²) < 4.78 is 6.00. The van der Waals surface area contributed by atoms with E-state index in [-0.39, 0.29) is 11.1 Å². The van der Waals surface area contributed by atoms with Gasteiger partial charge >= 0.3 is 0 Å². The molecule has 2 aliphatic carbocycles. The Kier molecular flexibility index (Phi) is 3.89. The molecule has 3 aliphatic rings. The van der Waals surface area contributed by atoms with Crippen molar-refractivity contribution < 1.29 is 9.84 Å². The highest BCUT2D eigenvalue weighted by atomic mass is 16.5. The molecule has 2 saturated carbocycles. The van der Waals surface area contributed by atoms with Crippen molar-refractivity contribution in [1.29, 1.82) is 0 Å². The lowest BCUT2D eigenvalue weighted by molar-refractivity contribution is -0.139. The second-order valence-corrected chi connectivity index (χ2v) is 7.34. The molecule has 1 aliphatic heterocycles. The zero-order valence-electron chi connectivity index (χ0n) is 12.3. The molecule has 0 aromatic rings.